The van der Waals surface area contributed by atoms with E-state index in [9.17, 15) is 0 Å². The van der Waals surface area contributed by atoms with Crippen molar-refractivity contribution in [1.82, 2.24) is 25.3 Å². The molecule has 0 amide bonds. The molecule has 3 heterocycles. The average Bonchev–Trinajstić information content (AvgIpc) is 3.22. The number of aromatic amines is 1. The van der Waals surface area contributed by atoms with Gasteiger partial charge in [0.05, 0.1) is 12.2 Å². The predicted octanol–water partition coefficient (Wildman–Crippen LogP) is 3.79. The maximum absolute atomic E-state index is 5.30. The van der Waals surface area contributed by atoms with Gasteiger partial charge in [0.1, 0.15) is 5.82 Å². The lowest BCUT2D eigenvalue weighted by Gasteiger charge is -2.05. The van der Waals surface area contributed by atoms with Gasteiger partial charge in [-0.25, -0.2) is 4.98 Å². The third-order valence-electron chi connectivity index (χ3n) is 3.72. The summed E-state index contributed by atoms with van der Waals surface area (Å²) in [6, 6.07) is 5.71. The van der Waals surface area contributed by atoms with Gasteiger partial charge in [0, 0.05) is 24.0 Å². The summed E-state index contributed by atoms with van der Waals surface area (Å²) >= 11 is 0. The van der Waals surface area contributed by atoms with Crippen molar-refractivity contribution in [3.8, 4) is 0 Å². The molecule has 0 saturated heterocycles. The second-order valence-electron chi connectivity index (χ2n) is 6.48. The number of anilines is 3. The highest BCUT2D eigenvalue weighted by molar-refractivity contribution is 5.53. The number of hydrogen-bond acceptors (Lipinski definition) is 7. The fourth-order valence-corrected chi connectivity index (χ4v) is 2.19. The van der Waals surface area contributed by atoms with Crippen LogP contribution in [0.1, 0.15) is 56.7 Å². The van der Waals surface area contributed by atoms with E-state index in [-0.39, 0.29) is 0 Å². The van der Waals surface area contributed by atoms with Crippen LogP contribution in [0.5, 0.6) is 0 Å². The highest BCUT2D eigenvalue weighted by Gasteiger charge is 2.09. The van der Waals surface area contributed by atoms with Crippen LogP contribution in [0.2, 0.25) is 0 Å². The minimum atomic E-state index is 0.339. The fraction of sp³-hybridized carbons (Fsp3) is 0.412. The second-order valence-corrected chi connectivity index (χ2v) is 6.48. The van der Waals surface area contributed by atoms with Crippen LogP contribution in [-0.2, 0) is 6.54 Å². The SMILES string of the molecule is CC(C)c1cc(CNc2nccc(Nc3cc(C(C)C)[nH]n3)n2)on1. The molecule has 0 aromatic carbocycles. The zero-order valence-electron chi connectivity index (χ0n) is 14.9. The summed E-state index contributed by atoms with van der Waals surface area (Å²) in [5.74, 6) is 3.38. The Morgan fingerprint density at radius 1 is 1.12 bits per heavy atom. The monoisotopic (exact) mass is 341 g/mol. The third kappa shape index (κ3) is 4.34. The lowest BCUT2D eigenvalue weighted by molar-refractivity contribution is 0.379. The van der Waals surface area contributed by atoms with E-state index in [2.05, 4.69) is 63.7 Å². The summed E-state index contributed by atoms with van der Waals surface area (Å²) < 4.78 is 5.30. The van der Waals surface area contributed by atoms with Crippen molar-refractivity contribution < 1.29 is 4.52 Å². The first kappa shape index (κ1) is 16.9. The average molecular weight is 341 g/mol. The third-order valence-corrected chi connectivity index (χ3v) is 3.72. The summed E-state index contributed by atoms with van der Waals surface area (Å²) in [7, 11) is 0. The number of aromatic nitrogens is 5. The molecule has 0 saturated carbocycles. The van der Waals surface area contributed by atoms with Gasteiger partial charge in [-0.1, -0.05) is 32.9 Å². The van der Waals surface area contributed by atoms with Crippen LogP contribution in [-0.4, -0.2) is 25.3 Å². The van der Waals surface area contributed by atoms with Crippen LogP contribution in [0, 0.1) is 0 Å². The van der Waals surface area contributed by atoms with Crippen molar-refractivity contribution in [2.45, 2.75) is 46.1 Å². The Labute approximate surface area is 146 Å². The topological polar surface area (TPSA) is 105 Å². The van der Waals surface area contributed by atoms with Crippen molar-refractivity contribution >= 4 is 17.6 Å². The molecule has 3 rings (SSSR count). The molecule has 0 atom stereocenters. The molecule has 0 aliphatic rings. The highest BCUT2D eigenvalue weighted by Crippen LogP contribution is 2.19. The van der Waals surface area contributed by atoms with Gasteiger partial charge in [-0.2, -0.15) is 10.1 Å². The molecule has 0 bridgehead atoms. The van der Waals surface area contributed by atoms with E-state index >= 15 is 0 Å². The van der Waals surface area contributed by atoms with E-state index in [0.717, 1.165) is 23.0 Å². The fourth-order valence-electron chi connectivity index (χ4n) is 2.19. The molecular formula is C17H23N7O. The smallest absolute Gasteiger partial charge is 0.224 e. The second kappa shape index (κ2) is 7.33. The molecule has 0 fully saturated rings. The molecule has 0 aliphatic carbocycles. The number of nitrogens with zero attached hydrogens (tertiary/aromatic N) is 4. The lowest BCUT2D eigenvalue weighted by Crippen LogP contribution is -2.04. The van der Waals surface area contributed by atoms with Gasteiger partial charge in [-0.15, -0.1) is 0 Å². The molecule has 3 aromatic rings. The molecule has 0 aliphatic heterocycles. The van der Waals surface area contributed by atoms with Crippen molar-refractivity contribution in [2.75, 3.05) is 10.6 Å². The van der Waals surface area contributed by atoms with Gasteiger partial charge < -0.3 is 15.2 Å². The van der Waals surface area contributed by atoms with Gasteiger partial charge in [-0.05, 0) is 17.9 Å². The standard InChI is InChI=1S/C17H23N7O/c1-10(2)13-8-16(23-22-13)20-15-5-6-18-17(21-15)19-9-12-7-14(11(3)4)24-25-12/h5-8,10-11H,9H2,1-4H3,(H3,18,19,20,21,22,23). The summed E-state index contributed by atoms with van der Waals surface area (Å²) in [5, 5.41) is 17.6. The molecule has 3 aromatic heterocycles. The molecule has 3 N–H and O–H groups in total. The Balaban J connectivity index is 1.62. The number of hydrogen-bond donors (Lipinski definition) is 3. The van der Waals surface area contributed by atoms with E-state index in [4.69, 9.17) is 4.52 Å². The van der Waals surface area contributed by atoms with Crippen molar-refractivity contribution in [3.63, 3.8) is 0 Å². The maximum Gasteiger partial charge on any atom is 0.224 e. The van der Waals surface area contributed by atoms with E-state index in [1.165, 1.54) is 0 Å². The van der Waals surface area contributed by atoms with Gasteiger partial charge in [0.2, 0.25) is 5.95 Å². The highest BCUT2D eigenvalue weighted by atomic mass is 16.5. The van der Waals surface area contributed by atoms with Crippen LogP contribution < -0.4 is 10.6 Å². The summed E-state index contributed by atoms with van der Waals surface area (Å²) in [6.07, 6.45) is 1.69. The molecule has 0 radical (unpaired) electrons. The van der Waals surface area contributed by atoms with Gasteiger partial charge in [-0.3, -0.25) is 5.10 Å². The van der Waals surface area contributed by atoms with E-state index < -0.39 is 0 Å². The molecule has 25 heavy (non-hydrogen) atoms. The summed E-state index contributed by atoms with van der Waals surface area (Å²) in [4.78, 5) is 8.65. The number of H-pyrrole nitrogens is 1. The first-order valence-corrected chi connectivity index (χ1v) is 8.36. The van der Waals surface area contributed by atoms with Gasteiger partial charge in [0.25, 0.3) is 0 Å². The first-order chi connectivity index (χ1) is 12.0. The molecule has 132 valence electrons. The normalized spacial score (nSPS) is 11.3. The Morgan fingerprint density at radius 3 is 2.64 bits per heavy atom. The Hall–Kier alpha value is -2.90. The van der Waals surface area contributed by atoms with E-state index in [1.54, 1.807) is 12.3 Å². The van der Waals surface area contributed by atoms with Crippen LogP contribution >= 0.6 is 0 Å². The minimum Gasteiger partial charge on any atom is -0.359 e. The van der Waals surface area contributed by atoms with Crippen molar-refractivity contribution in [1.29, 1.82) is 0 Å². The van der Waals surface area contributed by atoms with E-state index in [1.807, 2.05) is 12.1 Å². The Kier molecular flexibility index (Phi) is 4.97. The Bertz CT molecular complexity index is 822. The van der Waals surface area contributed by atoms with Crippen molar-refractivity contribution in [3.05, 3.63) is 41.5 Å². The van der Waals surface area contributed by atoms with Gasteiger partial charge in [0.15, 0.2) is 11.6 Å². The maximum atomic E-state index is 5.30. The summed E-state index contributed by atoms with van der Waals surface area (Å²) in [6.45, 7) is 8.85. The van der Waals surface area contributed by atoms with Crippen LogP contribution in [0.3, 0.4) is 0 Å². The predicted molar refractivity (Wildman–Crippen MR) is 95.9 cm³/mol. The molecular weight excluding hydrogens is 318 g/mol. The largest absolute Gasteiger partial charge is 0.359 e. The zero-order valence-corrected chi connectivity index (χ0v) is 14.9. The van der Waals surface area contributed by atoms with Crippen LogP contribution in [0.4, 0.5) is 17.6 Å². The molecule has 0 spiro atoms. The van der Waals surface area contributed by atoms with Gasteiger partial charge >= 0.3 is 0 Å². The Morgan fingerprint density at radius 2 is 1.96 bits per heavy atom. The quantitative estimate of drug-likeness (QED) is 0.600. The minimum absolute atomic E-state index is 0.339. The first-order valence-electron chi connectivity index (χ1n) is 8.36. The molecule has 0 unspecified atom stereocenters. The molecule has 8 heteroatoms. The van der Waals surface area contributed by atoms with Crippen molar-refractivity contribution in [2.24, 2.45) is 0 Å². The van der Waals surface area contributed by atoms with Crippen LogP contribution in [0.15, 0.2) is 28.9 Å². The lowest BCUT2D eigenvalue weighted by atomic mass is 10.1. The zero-order chi connectivity index (χ0) is 17.8. The van der Waals surface area contributed by atoms with Crippen LogP contribution in [0.25, 0.3) is 0 Å². The molecule has 8 nitrogen and oxygen atoms in total. The van der Waals surface area contributed by atoms with E-state index in [0.29, 0.717) is 30.1 Å². The number of nitrogens with one attached hydrogen (secondary N) is 3. The number of rotatable bonds is 7. The summed E-state index contributed by atoms with van der Waals surface area (Å²) in [5.41, 5.74) is 2.01.